The number of furan rings is 1. The number of carboxylic acids is 1. The number of rotatable bonds is 6. The molecule has 0 aromatic carbocycles. The predicted octanol–water partition coefficient (Wildman–Crippen LogP) is 1.49. The summed E-state index contributed by atoms with van der Waals surface area (Å²) in [5.74, 6) is 1.23. The van der Waals surface area contributed by atoms with Crippen LogP contribution in [-0.2, 0) is 16.1 Å². The molecule has 3 rings (SSSR count). The second kappa shape index (κ2) is 6.12. The quantitative estimate of drug-likeness (QED) is 0.862. The fraction of sp³-hybridized carbons (Fsp3) is 0.625. The molecule has 1 unspecified atom stereocenters. The number of aryl methyl sites for hydroxylation is 1. The van der Waals surface area contributed by atoms with Crippen molar-refractivity contribution in [3.8, 4) is 0 Å². The Balaban J connectivity index is 1.70. The van der Waals surface area contributed by atoms with E-state index in [1.54, 1.807) is 0 Å². The SMILES string of the molecule is Cc1ccc(CN2CCN(CC3CC3)C(=O)C2CC(=O)O)o1. The van der Waals surface area contributed by atoms with Crippen LogP contribution in [0.2, 0.25) is 0 Å². The van der Waals surface area contributed by atoms with Gasteiger partial charge in [0.2, 0.25) is 5.91 Å². The molecule has 1 amide bonds. The van der Waals surface area contributed by atoms with Crippen LogP contribution in [-0.4, -0.2) is 52.5 Å². The molecule has 2 aliphatic rings. The van der Waals surface area contributed by atoms with Gasteiger partial charge in [-0.15, -0.1) is 0 Å². The Labute approximate surface area is 129 Å². The number of carbonyl (C=O) groups excluding carboxylic acids is 1. The van der Waals surface area contributed by atoms with Crippen LogP contribution in [0.25, 0.3) is 0 Å². The van der Waals surface area contributed by atoms with Gasteiger partial charge in [0.25, 0.3) is 0 Å². The Morgan fingerprint density at radius 2 is 2.14 bits per heavy atom. The highest BCUT2D eigenvalue weighted by molar-refractivity contribution is 5.86. The number of carbonyl (C=O) groups is 2. The molecule has 1 aromatic rings. The summed E-state index contributed by atoms with van der Waals surface area (Å²) in [6.45, 7) is 4.50. The van der Waals surface area contributed by atoms with Crippen LogP contribution >= 0.6 is 0 Å². The van der Waals surface area contributed by atoms with E-state index in [0.29, 0.717) is 25.6 Å². The zero-order valence-corrected chi connectivity index (χ0v) is 12.8. The van der Waals surface area contributed by atoms with Crippen molar-refractivity contribution in [2.24, 2.45) is 5.92 Å². The van der Waals surface area contributed by atoms with E-state index in [9.17, 15) is 9.59 Å². The standard InChI is InChI=1S/C16H22N2O4/c1-11-2-5-13(22-11)10-17-6-7-18(9-12-3-4-12)16(21)14(17)8-15(19)20/h2,5,12,14H,3-4,6-10H2,1H3,(H,19,20). The lowest BCUT2D eigenvalue weighted by Crippen LogP contribution is -2.57. The molecule has 120 valence electrons. The summed E-state index contributed by atoms with van der Waals surface area (Å²) < 4.78 is 5.56. The molecule has 0 spiro atoms. The summed E-state index contributed by atoms with van der Waals surface area (Å²) >= 11 is 0. The van der Waals surface area contributed by atoms with Gasteiger partial charge in [-0.25, -0.2) is 0 Å². The third-order valence-electron chi connectivity index (χ3n) is 4.39. The number of hydrogen-bond donors (Lipinski definition) is 1. The van der Waals surface area contributed by atoms with Crippen molar-refractivity contribution in [3.63, 3.8) is 0 Å². The lowest BCUT2D eigenvalue weighted by molar-refractivity contribution is -0.150. The smallest absolute Gasteiger partial charge is 0.305 e. The molecule has 0 bridgehead atoms. The Morgan fingerprint density at radius 1 is 1.36 bits per heavy atom. The van der Waals surface area contributed by atoms with Crippen molar-refractivity contribution >= 4 is 11.9 Å². The normalized spacial score (nSPS) is 23.0. The van der Waals surface area contributed by atoms with E-state index < -0.39 is 12.0 Å². The van der Waals surface area contributed by atoms with E-state index in [0.717, 1.165) is 18.1 Å². The van der Waals surface area contributed by atoms with Gasteiger partial charge in [-0.2, -0.15) is 0 Å². The average Bonchev–Trinajstić information content (AvgIpc) is 3.18. The number of hydrogen-bond acceptors (Lipinski definition) is 4. The molecule has 0 radical (unpaired) electrons. The number of carboxylic acid groups (broad SMARTS) is 1. The van der Waals surface area contributed by atoms with Crippen LogP contribution in [0.3, 0.4) is 0 Å². The van der Waals surface area contributed by atoms with Crippen LogP contribution in [0.4, 0.5) is 0 Å². The van der Waals surface area contributed by atoms with Crippen LogP contribution < -0.4 is 0 Å². The zero-order valence-electron chi connectivity index (χ0n) is 12.8. The summed E-state index contributed by atoms with van der Waals surface area (Å²) in [6, 6.07) is 3.18. The molecular formula is C16H22N2O4. The van der Waals surface area contributed by atoms with Crippen molar-refractivity contribution in [2.75, 3.05) is 19.6 Å². The second-order valence-electron chi connectivity index (χ2n) is 6.32. The maximum atomic E-state index is 12.6. The summed E-state index contributed by atoms with van der Waals surface area (Å²) in [4.78, 5) is 27.5. The van der Waals surface area contributed by atoms with Crippen LogP contribution in [0, 0.1) is 12.8 Å². The third-order valence-corrected chi connectivity index (χ3v) is 4.39. The zero-order chi connectivity index (χ0) is 15.7. The van der Waals surface area contributed by atoms with E-state index in [1.807, 2.05) is 28.9 Å². The lowest BCUT2D eigenvalue weighted by atomic mass is 10.1. The molecule has 1 N–H and O–H groups in total. The van der Waals surface area contributed by atoms with Gasteiger partial charge >= 0.3 is 5.97 Å². The van der Waals surface area contributed by atoms with E-state index in [1.165, 1.54) is 12.8 Å². The molecule has 1 aliphatic heterocycles. The van der Waals surface area contributed by atoms with Crippen molar-refractivity contribution < 1.29 is 19.1 Å². The number of aliphatic carboxylic acids is 1. The predicted molar refractivity (Wildman–Crippen MR) is 79.2 cm³/mol. The molecular weight excluding hydrogens is 284 g/mol. The summed E-state index contributed by atoms with van der Waals surface area (Å²) in [6.07, 6.45) is 2.21. The van der Waals surface area contributed by atoms with E-state index in [4.69, 9.17) is 9.52 Å². The molecule has 22 heavy (non-hydrogen) atoms. The highest BCUT2D eigenvalue weighted by Gasteiger charge is 2.38. The molecule has 6 nitrogen and oxygen atoms in total. The number of nitrogens with zero attached hydrogens (tertiary/aromatic N) is 2. The summed E-state index contributed by atoms with van der Waals surface area (Å²) in [5, 5.41) is 9.13. The molecule has 1 aromatic heterocycles. The van der Waals surface area contributed by atoms with Crippen molar-refractivity contribution in [1.29, 1.82) is 0 Å². The number of piperazine rings is 1. The Morgan fingerprint density at radius 3 is 2.73 bits per heavy atom. The topological polar surface area (TPSA) is 74.0 Å². The molecule has 1 saturated heterocycles. The first-order chi connectivity index (χ1) is 10.5. The molecule has 2 fully saturated rings. The Bertz CT molecular complexity index is 564. The maximum absolute atomic E-state index is 12.6. The van der Waals surface area contributed by atoms with E-state index in [-0.39, 0.29) is 12.3 Å². The third kappa shape index (κ3) is 3.50. The van der Waals surface area contributed by atoms with Crippen molar-refractivity contribution in [3.05, 3.63) is 23.7 Å². The van der Waals surface area contributed by atoms with Gasteiger partial charge in [0.1, 0.15) is 17.6 Å². The minimum atomic E-state index is -0.938. The Hall–Kier alpha value is -1.82. The van der Waals surface area contributed by atoms with E-state index in [2.05, 4.69) is 0 Å². The average molecular weight is 306 g/mol. The molecule has 2 heterocycles. The van der Waals surface area contributed by atoms with Gasteiger partial charge in [-0.05, 0) is 37.8 Å². The van der Waals surface area contributed by atoms with Crippen LogP contribution in [0.1, 0.15) is 30.8 Å². The summed E-state index contributed by atoms with van der Waals surface area (Å²) in [7, 11) is 0. The molecule has 6 heteroatoms. The Kier molecular flexibility index (Phi) is 4.20. The fourth-order valence-corrected chi connectivity index (χ4v) is 3.02. The van der Waals surface area contributed by atoms with Gasteiger partial charge in [-0.3, -0.25) is 14.5 Å². The summed E-state index contributed by atoms with van der Waals surface area (Å²) in [5.41, 5.74) is 0. The fourth-order valence-electron chi connectivity index (χ4n) is 3.02. The monoisotopic (exact) mass is 306 g/mol. The van der Waals surface area contributed by atoms with E-state index >= 15 is 0 Å². The van der Waals surface area contributed by atoms with Gasteiger partial charge in [-0.1, -0.05) is 0 Å². The van der Waals surface area contributed by atoms with Crippen molar-refractivity contribution in [1.82, 2.24) is 9.80 Å². The molecule has 1 saturated carbocycles. The van der Waals surface area contributed by atoms with Crippen LogP contribution in [0.15, 0.2) is 16.5 Å². The maximum Gasteiger partial charge on any atom is 0.305 e. The second-order valence-corrected chi connectivity index (χ2v) is 6.32. The highest BCUT2D eigenvalue weighted by atomic mass is 16.4. The van der Waals surface area contributed by atoms with Gasteiger partial charge < -0.3 is 14.4 Å². The minimum absolute atomic E-state index is 0.0520. The van der Waals surface area contributed by atoms with Gasteiger partial charge in [0.05, 0.1) is 13.0 Å². The first-order valence-corrected chi connectivity index (χ1v) is 7.83. The first kappa shape index (κ1) is 15.1. The largest absolute Gasteiger partial charge is 0.481 e. The first-order valence-electron chi connectivity index (χ1n) is 7.83. The lowest BCUT2D eigenvalue weighted by Gasteiger charge is -2.39. The number of amides is 1. The minimum Gasteiger partial charge on any atom is -0.481 e. The van der Waals surface area contributed by atoms with Crippen molar-refractivity contribution in [2.45, 2.75) is 38.8 Å². The van der Waals surface area contributed by atoms with Gasteiger partial charge in [0.15, 0.2) is 0 Å². The van der Waals surface area contributed by atoms with Crippen LogP contribution in [0.5, 0.6) is 0 Å². The molecule has 1 aliphatic carbocycles. The molecule has 1 atom stereocenters. The van der Waals surface area contributed by atoms with Gasteiger partial charge in [0, 0.05) is 19.6 Å². The highest BCUT2D eigenvalue weighted by Crippen LogP contribution is 2.31.